The third-order valence-electron chi connectivity index (χ3n) is 3.35. The van der Waals surface area contributed by atoms with Crippen LogP contribution in [-0.2, 0) is 22.9 Å². The first-order valence-corrected chi connectivity index (χ1v) is 8.17. The lowest BCUT2D eigenvalue weighted by Gasteiger charge is -2.20. The molecule has 0 spiro atoms. The summed E-state index contributed by atoms with van der Waals surface area (Å²) in [4.78, 5) is 0.345. The summed E-state index contributed by atoms with van der Waals surface area (Å²) >= 11 is 0. The Balaban J connectivity index is 2.21. The molecule has 0 fully saturated rings. The molecule has 0 radical (unpaired) electrons. The fraction of sp³-hybridized carbons (Fsp3) is 0.571. The van der Waals surface area contributed by atoms with E-state index in [2.05, 4.69) is 4.72 Å². The number of sulfonamides is 1. The van der Waals surface area contributed by atoms with Gasteiger partial charge < -0.3 is 5.73 Å². The molecule has 3 N–H and O–H groups in total. The molecule has 0 aliphatic heterocycles. The van der Waals surface area contributed by atoms with Crippen molar-refractivity contribution < 1.29 is 8.42 Å². The number of rotatable bonds is 4. The Labute approximate surface area is 115 Å². The smallest absolute Gasteiger partial charge is 0.240 e. The number of benzene rings is 1. The summed E-state index contributed by atoms with van der Waals surface area (Å²) < 4.78 is 27.0. The molecule has 0 bridgehead atoms. The van der Waals surface area contributed by atoms with Crippen LogP contribution < -0.4 is 10.5 Å². The van der Waals surface area contributed by atoms with Crippen LogP contribution in [0.4, 0.5) is 0 Å². The number of hydrogen-bond donors (Lipinski definition) is 2. The van der Waals surface area contributed by atoms with Gasteiger partial charge in [-0.1, -0.05) is 6.07 Å². The molecule has 2 rings (SSSR count). The Hall–Kier alpha value is -0.910. The molecular weight excluding hydrogens is 260 g/mol. The average Bonchev–Trinajstić information content (AvgIpc) is 2.35. The summed E-state index contributed by atoms with van der Waals surface area (Å²) in [6.07, 6.45) is 4.36. The van der Waals surface area contributed by atoms with Crippen LogP contribution in [0.15, 0.2) is 23.1 Å². The SMILES string of the molecule is CC(C)(N)CNS(=O)(=O)c1ccc2c(c1)CCCC2. The molecule has 0 saturated carbocycles. The first-order chi connectivity index (χ1) is 8.78. The zero-order valence-corrected chi connectivity index (χ0v) is 12.4. The van der Waals surface area contributed by atoms with Gasteiger partial charge in [0.15, 0.2) is 0 Å². The van der Waals surface area contributed by atoms with E-state index < -0.39 is 15.6 Å². The molecule has 0 unspecified atom stereocenters. The van der Waals surface area contributed by atoms with Crippen LogP contribution in [0.2, 0.25) is 0 Å². The van der Waals surface area contributed by atoms with Gasteiger partial charge in [0.1, 0.15) is 0 Å². The molecular formula is C14H22N2O2S. The van der Waals surface area contributed by atoms with Gasteiger partial charge in [-0.15, -0.1) is 0 Å². The van der Waals surface area contributed by atoms with Crippen molar-refractivity contribution in [3.05, 3.63) is 29.3 Å². The van der Waals surface area contributed by atoms with Crippen LogP contribution in [0.1, 0.15) is 37.8 Å². The zero-order valence-electron chi connectivity index (χ0n) is 11.6. The minimum absolute atomic E-state index is 0.229. The second kappa shape index (κ2) is 5.23. The van der Waals surface area contributed by atoms with Crippen LogP contribution in [0.3, 0.4) is 0 Å². The number of nitrogens with one attached hydrogen (secondary N) is 1. The van der Waals surface area contributed by atoms with E-state index in [1.807, 2.05) is 6.07 Å². The summed E-state index contributed by atoms with van der Waals surface area (Å²) in [5.74, 6) is 0. The van der Waals surface area contributed by atoms with Gasteiger partial charge in [0.25, 0.3) is 0 Å². The van der Waals surface area contributed by atoms with E-state index >= 15 is 0 Å². The third-order valence-corrected chi connectivity index (χ3v) is 4.75. The van der Waals surface area contributed by atoms with E-state index in [1.165, 1.54) is 17.5 Å². The second-order valence-electron chi connectivity index (χ2n) is 5.95. The molecule has 1 aliphatic rings. The van der Waals surface area contributed by atoms with Crippen molar-refractivity contribution in [2.75, 3.05) is 6.54 Å². The fourth-order valence-electron chi connectivity index (χ4n) is 2.24. The van der Waals surface area contributed by atoms with E-state index in [0.717, 1.165) is 19.3 Å². The summed E-state index contributed by atoms with van der Waals surface area (Å²) in [5.41, 5.74) is 7.70. The number of fused-ring (bicyclic) bond motifs is 1. The van der Waals surface area contributed by atoms with Gasteiger partial charge in [-0.2, -0.15) is 0 Å². The third kappa shape index (κ3) is 3.78. The van der Waals surface area contributed by atoms with Crippen molar-refractivity contribution in [3.8, 4) is 0 Å². The highest BCUT2D eigenvalue weighted by Gasteiger charge is 2.20. The lowest BCUT2D eigenvalue weighted by atomic mass is 9.92. The standard InChI is InChI=1S/C14H22N2O2S/c1-14(2,15)10-16-19(17,18)13-8-7-11-5-3-4-6-12(11)9-13/h7-9,16H,3-6,10,15H2,1-2H3. The van der Waals surface area contributed by atoms with Crippen molar-refractivity contribution in [3.63, 3.8) is 0 Å². The Morgan fingerprint density at radius 3 is 2.47 bits per heavy atom. The maximum Gasteiger partial charge on any atom is 0.240 e. The van der Waals surface area contributed by atoms with E-state index in [-0.39, 0.29) is 6.54 Å². The molecule has 1 aliphatic carbocycles. The summed E-state index contributed by atoms with van der Waals surface area (Å²) in [6.45, 7) is 3.82. The molecule has 1 aromatic carbocycles. The van der Waals surface area contributed by atoms with Crippen molar-refractivity contribution in [2.24, 2.45) is 5.73 Å². The molecule has 0 atom stereocenters. The van der Waals surface area contributed by atoms with E-state index in [1.54, 1.807) is 26.0 Å². The molecule has 1 aromatic rings. The van der Waals surface area contributed by atoms with Crippen LogP contribution >= 0.6 is 0 Å². The summed E-state index contributed by atoms with van der Waals surface area (Å²) in [6, 6.07) is 5.44. The van der Waals surface area contributed by atoms with Gasteiger partial charge >= 0.3 is 0 Å². The lowest BCUT2D eigenvalue weighted by Crippen LogP contribution is -2.45. The van der Waals surface area contributed by atoms with Gasteiger partial charge in [-0.05, 0) is 62.8 Å². The topological polar surface area (TPSA) is 72.2 Å². The first kappa shape index (κ1) is 14.5. The highest BCUT2D eigenvalue weighted by molar-refractivity contribution is 7.89. The number of hydrogen-bond acceptors (Lipinski definition) is 3. The van der Waals surface area contributed by atoms with Crippen LogP contribution in [0.5, 0.6) is 0 Å². The monoisotopic (exact) mass is 282 g/mol. The summed E-state index contributed by atoms with van der Waals surface area (Å²) in [5, 5.41) is 0. The maximum atomic E-state index is 12.2. The van der Waals surface area contributed by atoms with Crippen molar-refractivity contribution in [1.82, 2.24) is 4.72 Å². The molecule has 0 amide bonds. The molecule has 0 aromatic heterocycles. The maximum absolute atomic E-state index is 12.2. The van der Waals surface area contributed by atoms with Crippen molar-refractivity contribution >= 4 is 10.0 Å². The lowest BCUT2D eigenvalue weighted by molar-refractivity contribution is 0.498. The summed E-state index contributed by atoms with van der Waals surface area (Å²) in [7, 11) is -3.46. The Morgan fingerprint density at radius 2 is 1.84 bits per heavy atom. The average molecular weight is 282 g/mol. The van der Waals surface area contributed by atoms with Gasteiger partial charge in [-0.3, -0.25) is 0 Å². The molecule has 0 heterocycles. The van der Waals surface area contributed by atoms with Gasteiger partial charge in [0.2, 0.25) is 10.0 Å². The Bertz CT molecular complexity index is 559. The molecule has 0 saturated heterocycles. The molecule has 106 valence electrons. The molecule has 5 heteroatoms. The van der Waals surface area contributed by atoms with Crippen LogP contribution in [-0.4, -0.2) is 20.5 Å². The predicted molar refractivity (Wildman–Crippen MR) is 76.5 cm³/mol. The Morgan fingerprint density at radius 1 is 1.21 bits per heavy atom. The van der Waals surface area contributed by atoms with Crippen molar-refractivity contribution in [2.45, 2.75) is 50.0 Å². The minimum Gasteiger partial charge on any atom is -0.324 e. The van der Waals surface area contributed by atoms with Gasteiger partial charge in [-0.25, -0.2) is 13.1 Å². The van der Waals surface area contributed by atoms with Crippen molar-refractivity contribution in [1.29, 1.82) is 0 Å². The van der Waals surface area contributed by atoms with Crippen LogP contribution in [0, 0.1) is 0 Å². The highest BCUT2D eigenvalue weighted by atomic mass is 32.2. The number of nitrogens with two attached hydrogens (primary N) is 1. The van der Waals surface area contributed by atoms with Gasteiger partial charge in [0, 0.05) is 12.1 Å². The second-order valence-corrected chi connectivity index (χ2v) is 7.72. The largest absolute Gasteiger partial charge is 0.324 e. The van der Waals surface area contributed by atoms with E-state index in [0.29, 0.717) is 4.90 Å². The van der Waals surface area contributed by atoms with E-state index in [4.69, 9.17) is 5.73 Å². The van der Waals surface area contributed by atoms with Gasteiger partial charge in [0.05, 0.1) is 4.90 Å². The Kier molecular flexibility index (Phi) is 3.99. The van der Waals surface area contributed by atoms with Crippen LogP contribution in [0.25, 0.3) is 0 Å². The minimum atomic E-state index is -3.46. The molecule has 19 heavy (non-hydrogen) atoms. The van der Waals surface area contributed by atoms with E-state index in [9.17, 15) is 8.42 Å². The normalized spacial score (nSPS) is 16.2. The predicted octanol–water partition coefficient (Wildman–Crippen LogP) is 1.58. The highest BCUT2D eigenvalue weighted by Crippen LogP contribution is 2.24. The quantitative estimate of drug-likeness (QED) is 0.880. The molecule has 4 nitrogen and oxygen atoms in total. The fourth-order valence-corrected chi connectivity index (χ4v) is 3.51. The zero-order chi connectivity index (χ0) is 14.1. The first-order valence-electron chi connectivity index (χ1n) is 6.68. The number of aryl methyl sites for hydroxylation is 2.